The van der Waals surface area contributed by atoms with Gasteiger partial charge in [-0.2, -0.15) is 0 Å². The number of amides is 1. The summed E-state index contributed by atoms with van der Waals surface area (Å²) in [6, 6.07) is 7.44. The zero-order chi connectivity index (χ0) is 15.2. The zero-order valence-corrected chi connectivity index (χ0v) is 12.2. The lowest BCUT2D eigenvalue weighted by Crippen LogP contribution is -2.34. The summed E-state index contributed by atoms with van der Waals surface area (Å²) >= 11 is 0. The molecule has 6 heteroatoms. The summed E-state index contributed by atoms with van der Waals surface area (Å²) < 4.78 is 16.1. The summed E-state index contributed by atoms with van der Waals surface area (Å²) in [6.07, 6.45) is 1.62. The zero-order valence-electron chi connectivity index (χ0n) is 12.2. The Labute approximate surface area is 127 Å². The van der Waals surface area contributed by atoms with Crippen LogP contribution in [-0.2, 0) is 10.2 Å². The van der Waals surface area contributed by atoms with E-state index >= 15 is 0 Å². The molecule has 1 aromatic carbocycles. The first-order valence-electron chi connectivity index (χ1n) is 7.38. The van der Waals surface area contributed by atoms with Gasteiger partial charge in [-0.15, -0.1) is 0 Å². The first-order chi connectivity index (χ1) is 10.7. The summed E-state index contributed by atoms with van der Waals surface area (Å²) in [5, 5.41) is 6.99. The van der Waals surface area contributed by atoms with Crippen molar-refractivity contribution in [3.63, 3.8) is 0 Å². The molecule has 2 aromatic rings. The summed E-state index contributed by atoms with van der Waals surface area (Å²) in [7, 11) is 0. The highest BCUT2D eigenvalue weighted by Crippen LogP contribution is 2.48. The molecule has 1 fully saturated rings. The Bertz CT molecular complexity index is 733. The van der Waals surface area contributed by atoms with E-state index in [2.05, 4.69) is 10.5 Å². The Morgan fingerprint density at radius 2 is 2.09 bits per heavy atom. The van der Waals surface area contributed by atoms with Crippen molar-refractivity contribution in [3.8, 4) is 22.8 Å². The van der Waals surface area contributed by atoms with Crippen molar-refractivity contribution in [2.24, 2.45) is 0 Å². The van der Waals surface area contributed by atoms with Gasteiger partial charge in [-0.1, -0.05) is 5.16 Å². The average Bonchev–Trinajstić information content (AvgIpc) is 2.99. The first-order valence-corrected chi connectivity index (χ1v) is 7.38. The van der Waals surface area contributed by atoms with E-state index in [9.17, 15) is 4.79 Å². The molecule has 2 aliphatic rings. The maximum absolute atomic E-state index is 12.2. The molecule has 0 radical (unpaired) electrons. The summed E-state index contributed by atoms with van der Waals surface area (Å²) in [5.74, 6) is 2.08. The van der Waals surface area contributed by atoms with Crippen molar-refractivity contribution in [3.05, 3.63) is 30.0 Å². The Balaban J connectivity index is 1.63. The fourth-order valence-corrected chi connectivity index (χ4v) is 2.74. The number of hydrogen-bond donors (Lipinski definition) is 1. The normalized spacial score (nSPS) is 17.3. The number of ether oxygens (including phenoxy) is 2. The Morgan fingerprint density at radius 1 is 1.27 bits per heavy atom. The molecule has 0 spiro atoms. The fraction of sp³-hybridized carbons (Fsp3) is 0.375. The predicted octanol–water partition coefficient (Wildman–Crippen LogP) is 2.24. The van der Waals surface area contributed by atoms with Gasteiger partial charge in [-0.05, 0) is 38.0 Å². The number of fused-ring (bicyclic) bond motifs is 1. The number of likely N-dealkylation sites (N-methyl/N-ethyl adjacent to an activating group) is 1. The van der Waals surface area contributed by atoms with Crippen molar-refractivity contribution in [2.75, 3.05) is 13.3 Å². The van der Waals surface area contributed by atoms with E-state index in [0.29, 0.717) is 23.7 Å². The molecule has 0 atom stereocenters. The third-order valence-corrected chi connectivity index (χ3v) is 4.18. The van der Waals surface area contributed by atoms with E-state index in [-0.39, 0.29) is 12.7 Å². The molecule has 114 valence electrons. The van der Waals surface area contributed by atoms with E-state index < -0.39 is 5.41 Å². The minimum absolute atomic E-state index is 0.0283. The Hall–Kier alpha value is -2.50. The van der Waals surface area contributed by atoms with Gasteiger partial charge in [0.25, 0.3) is 0 Å². The highest BCUT2D eigenvalue weighted by Gasteiger charge is 2.53. The molecule has 4 rings (SSSR count). The lowest BCUT2D eigenvalue weighted by molar-refractivity contribution is -0.123. The molecule has 1 aliphatic carbocycles. The van der Waals surface area contributed by atoms with Crippen LogP contribution in [-0.4, -0.2) is 24.4 Å². The lowest BCUT2D eigenvalue weighted by atomic mass is 10.0. The molecule has 6 nitrogen and oxygen atoms in total. The minimum atomic E-state index is -0.506. The monoisotopic (exact) mass is 300 g/mol. The van der Waals surface area contributed by atoms with Crippen molar-refractivity contribution in [1.29, 1.82) is 0 Å². The van der Waals surface area contributed by atoms with Gasteiger partial charge in [0.05, 0.1) is 11.1 Å². The van der Waals surface area contributed by atoms with Crippen molar-refractivity contribution >= 4 is 5.91 Å². The number of aromatic nitrogens is 1. The third kappa shape index (κ3) is 1.94. The van der Waals surface area contributed by atoms with Crippen LogP contribution in [0.1, 0.15) is 25.5 Å². The number of carbonyl (C=O) groups is 1. The molecular weight excluding hydrogens is 284 g/mol. The van der Waals surface area contributed by atoms with Crippen LogP contribution >= 0.6 is 0 Å². The maximum atomic E-state index is 12.2. The van der Waals surface area contributed by atoms with Crippen molar-refractivity contribution in [1.82, 2.24) is 10.5 Å². The quantitative estimate of drug-likeness (QED) is 0.937. The average molecular weight is 300 g/mol. The van der Waals surface area contributed by atoms with E-state index in [0.717, 1.165) is 24.2 Å². The SMILES string of the molecule is CCNC(=O)C1(c2cc(-c3ccc4c(c3)OCO4)on2)CC1. The molecule has 1 N–H and O–H groups in total. The van der Waals surface area contributed by atoms with Gasteiger partial charge in [-0.3, -0.25) is 4.79 Å². The van der Waals surface area contributed by atoms with Crippen LogP contribution in [0.5, 0.6) is 11.5 Å². The molecule has 0 unspecified atom stereocenters. The number of rotatable bonds is 4. The number of carbonyl (C=O) groups excluding carboxylic acids is 1. The topological polar surface area (TPSA) is 73.6 Å². The lowest BCUT2D eigenvalue weighted by Gasteiger charge is -2.10. The molecule has 0 saturated heterocycles. The second kappa shape index (κ2) is 4.76. The highest BCUT2D eigenvalue weighted by atomic mass is 16.7. The smallest absolute Gasteiger partial charge is 0.232 e. The predicted molar refractivity (Wildman–Crippen MR) is 77.7 cm³/mol. The molecule has 0 bridgehead atoms. The van der Waals surface area contributed by atoms with Gasteiger partial charge in [0, 0.05) is 18.2 Å². The van der Waals surface area contributed by atoms with Gasteiger partial charge in [-0.25, -0.2) is 0 Å². The second-order valence-electron chi connectivity index (χ2n) is 5.59. The van der Waals surface area contributed by atoms with Crippen molar-refractivity contribution < 1.29 is 18.8 Å². The summed E-state index contributed by atoms with van der Waals surface area (Å²) in [6.45, 7) is 2.77. The van der Waals surface area contributed by atoms with Crippen molar-refractivity contribution in [2.45, 2.75) is 25.2 Å². The molecule has 1 amide bonds. The van der Waals surface area contributed by atoms with Gasteiger partial charge in [0.2, 0.25) is 12.7 Å². The standard InChI is InChI=1S/C16H16N2O4/c1-2-17-15(19)16(5-6-16)14-8-12(22-18-14)10-3-4-11-13(7-10)21-9-20-11/h3-4,7-8H,2,5-6,9H2,1H3,(H,17,19). The van der Waals surface area contributed by atoms with E-state index in [4.69, 9.17) is 14.0 Å². The van der Waals surface area contributed by atoms with E-state index in [1.807, 2.05) is 31.2 Å². The molecule has 22 heavy (non-hydrogen) atoms. The van der Waals surface area contributed by atoms with Crippen LogP contribution in [0, 0.1) is 0 Å². The largest absolute Gasteiger partial charge is 0.454 e. The first kappa shape index (κ1) is 13.2. The number of nitrogens with one attached hydrogen (secondary N) is 1. The highest BCUT2D eigenvalue weighted by molar-refractivity contribution is 5.91. The number of hydrogen-bond acceptors (Lipinski definition) is 5. The van der Waals surface area contributed by atoms with Crippen LogP contribution in [0.2, 0.25) is 0 Å². The number of nitrogens with zero attached hydrogens (tertiary/aromatic N) is 1. The molecule has 1 saturated carbocycles. The van der Waals surface area contributed by atoms with Gasteiger partial charge >= 0.3 is 0 Å². The maximum Gasteiger partial charge on any atom is 0.232 e. The van der Waals surface area contributed by atoms with Gasteiger partial charge < -0.3 is 19.3 Å². The fourth-order valence-electron chi connectivity index (χ4n) is 2.74. The van der Waals surface area contributed by atoms with Crippen LogP contribution < -0.4 is 14.8 Å². The third-order valence-electron chi connectivity index (χ3n) is 4.18. The molecule has 2 heterocycles. The summed E-state index contributed by atoms with van der Waals surface area (Å²) in [5.41, 5.74) is 1.05. The van der Waals surface area contributed by atoms with Gasteiger partial charge in [0.15, 0.2) is 17.3 Å². The minimum Gasteiger partial charge on any atom is -0.454 e. The van der Waals surface area contributed by atoms with Crippen LogP contribution in [0.15, 0.2) is 28.8 Å². The van der Waals surface area contributed by atoms with E-state index in [1.54, 1.807) is 0 Å². The Kier molecular flexibility index (Phi) is 2.85. The molecule has 1 aromatic heterocycles. The second-order valence-corrected chi connectivity index (χ2v) is 5.59. The summed E-state index contributed by atoms with van der Waals surface area (Å²) in [4.78, 5) is 12.2. The van der Waals surface area contributed by atoms with Crippen LogP contribution in [0.4, 0.5) is 0 Å². The van der Waals surface area contributed by atoms with Crippen LogP contribution in [0.25, 0.3) is 11.3 Å². The number of benzene rings is 1. The van der Waals surface area contributed by atoms with Crippen LogP contribution in [0.3, 0.4) is 0 Å². The van der Waals surface area contributed by atoms with Gasteiger partial charge in [0.1, 0.15) is 0 Å². The molecular formula is C16H16N2O4. The Morgan fingerprint density at radius 3 is 2.86 bits per heavy atom. The van der Waals surface area contributed by atoms with E-state index in [1.165, 1.54) is 0 Å². The molecule has 1 aliphatic heterocycles.